The Labute approximate surface area is 180 Å². The van der Waals surface area contributed by atoms with Crippen molar-refractivity contribution < 1.29 is 42.1 Å². The van der Waals surface area contributed by atoms with Gasteiger partial charge >= 0.3 is 6.18 Å². The van der Waals surface area contributed by atoms with Gasteiger partial charge in [0.2, 0.25) is 0 Å². The van der Waals surface area contributed by atoms with Crippen LogP contribution in [0.25, 0.3) is 22.8 Å². The maximum Gasteiger partial charge on any atom is 0.453 e. The van der Waals surface area contributed by atoms with E-state index in [1.807, 2.05) is 0 Å². The number of aromatic amines is 1. The number of hydrogen-bond acceptors (Lipinski definition) is 4. The predicted molar refractivity (Wildman–Crippen MR) is 94.2 cm³/mol. The molecule has 1 radical (unpaired) electrons. The minimum absolute atomic E-state index is 0. The molecule has 0 fully saturated rings. The fraction of sp³-hybridized carbons (Fsp3) is 0.0526. The van der Waals surface area contributed by atoms with E-state index in [0.717, 1.165) is 6.07 Å². The summed E-state index contributed by atoms with van der Waals surface area (Å²) >= 11 is 0. The van der Waals surface area contributed by atoms with Crippen molar-refractivity contribution >= 4 is 0 Å². The molecule has 4 rings (SSSR count). The average Bonchev–Trinajstić information content (AvgIpc) is 3.21. The number of alkyl halides is 3. The first kappa shape index (κ1) is 23.2. The minimum Gasteiger partial charge on any atom is -0.257 e. The van der Waals surface area contributed by atoms with Crippen molar-refractivity contribution in [3.8, 4) is 22.8 Å². The molecule has 5 nitrogen and oxygen atoms in total. The van der Waals surface area contributed by atoms with E-state index in [1.165, 1.54) is 18.3 Å². The number of halogens is 5. The molecule has 0 saturated carbocycles. The summed E-state index contributed by atoms with van der Waals surface area (Å²) in [6.45, 7) is 0. The van der Waals surface area contributed by atoms with Crippen LogP contribution < -0.4 is 0 Å². The van der Waals surface area contributed by atoms with Gasteiger partial charge in [-0.1, -0.05) is 12.1 Å². The molecule has 4 aromatic rings. The molecular formula is C19H12F5IrN5. The first-order valence-electron chi connectivity index (χ1n) is 8.12. The molecule has 0 bridgehead atoms. The van der Waals surface area contributed by atoms with E-state index in [1.54, 1.807) is 42.6 Å². The van der Waals surface area contributed by atoms with E-state index in [0.29, 0.717) is 17.0 Å². The van der Waals surface area contributed by atoms with Gasteiger partial charge in [-0.2, -0.15) is 13.2 Å². The summed E-state index contributed by atoms with van der Waals surface area (Å²) in [6, 6.07) is 13.5. The van der Waals surface area contributed by atoms with Crippen LogP contribution in [0.3, 0.4) is 0 Å². The van der Waals surface area contributed by atoms with Crippen molar-refractivity contribution in [2.45, 2.75) is 6.18 Å². The monoisotopic (exact) mass is 598 g/mol. The summed E-state index contributed by atoms with van der Waals surface area (Å²) in [5.74, 6) is -2.36. The van der Waals surface area contributed by atoms with Gasteiger partial charge < -0.3 is 0 Å². The van der Waals surface area contributed by atoms with E-state index >= 15 is 0 Å². The second-order valence-electron chi connectivity index (χ2n) is 5.56. The van der Waals surface area contributed by atoms with E-state index in [2.05, 4.69) is 25.1 Å². The first-order valence-corrected chi connectivity index (χ1v) is 8.12. The van der Waals surface area contributed by atoms with Gasteiger partial charge in [0.15, 0.2) is 5.82 Å². The number of benzene rings is 1. The van der Waals surface area contributed by atoms with Crippen molar-refractivity contribution in [3.05, 3.63) is 84.4 Å². The Morgan fingerprint density at radius 3 is 1.93 bits per heavy atom. The SMILES string of the molecule is FC(F)(F)c1n[nH]c(-c2ccccn2)n1.Fc1ccc(-c2ccccn2)c(F)c1.[Ir]. The minimum atomic E-state index is -4.54. The third-order valence-electron chi connectivity index (χ3n) is 3.52. The van der Waals surface area contributed by atoms with Crippen LogP contribution in [0.4, 0.5) is 22.0 Å². The van der Waals surface area contributed by atoms with Crippen LogP contribution in [0.5, 0.6) is 0 Å². The molecule has 0 atom stereocenters. The summed E-state index contributed by atoms with van der Waals surface area (Å²) in [5.41, 5.74) is 1.14. The molecule has 0 spiro atoms. The molecule has 1 N–H and O–H groups in total. The van der Waals surface area contributed by atoms with Crippen LogP contribution in [0.1, 0.15) is 5.82 Å². The Hall–Kier alpha value is -3.04. The second-order valence-corrected chi connectivity index (χ2v) is 5.56. The average molecular weight is 598 g/mol. The zero-order valence-electron chi connectivity index (χ0n) is 14.9. The largest absolute Gasteiger partial charge is 0.453 e. The summed E-state index contributed by atoms with van der Waals surface area (Å²) in [7, 11) is 0. The van der Waals surface area contributed by atoms with Crippen LogP contribution in [0.2, 0.25) is 0 Å². The molecule has 157 valence electrons. The fourth-order valence-corrected chi connectivity index (χ4v) is 2.23. The van der Waals surface area contributed by atoms with Gasteiger partial charge in [-0.3, -0.25) is 15.1 Å². The Morgan fingerprint density at radius 2 is 1.43 bits per heavy atom. The van der Waals surface area contributed by atoms with Gasteiger partial charge in [-0.25, -0.2) is 13.8 Å². The number of pyridine rings is 2. The number of rotatable bonds is 2. The standard InChI is InChI=1S/C11H7F2N.C8H5F3N4.Ir/c12-8-4-5-9(10(13)7-8)11-3-1-2-6-14-11;9-8(10,11)7-13-6(14-15-7)5-3-1-2-4-12-5;/h1-7H;1-4H,(H,13,14,15);. The Morgan fingerprint density at radius 1 is 0.800 bits per heavy atom. The first-order chi connectivity index (χ1) is 13.8. The van der Waals surface area contributed by atoms with Gasteiger partial charge in [0.25, 0.3) is 5.82 Å². The Kier molecular flexibility index (Phi) is 7.85. The third kappa shape index (κ3) is 5.98. The normalized spacial score (nSPS) is 10.6. The van der Waals surface area contributed by atoms with Crippen LogP contribution in [-0.2, 0) is 26.3 Å². The Balaban J connectivity index is 0.000000207. The summed E-state index contributed by atoms with van der Waals surface area (Å²) < 4.78 is 62.3. The summed E-state index contributed by atoms with van der Waals surface area (Å²) in [6.07, 6.45) is -1.51. The molecule has 1 aromatic carbocycles. The summed E-state index contributed by atoms with van der Waals surface area (Å²) in [4.78, 5) is 11.1. The molecule has 11 heteroatoms. The van der Waals surface area contributed by atoms with Gasteiger partial charge in [0.1, 0.15) is 17.3 Å². The summed E-state index contributed by atoms with van der Waals surface area (Å²) in [5, 5.41) is 5.25. The van der Waals surface area contributed by atoms with Crippen molar-refractivity contribution in [1.29, 1.82) is 0 Å². The van der Waals surface area contributed by atoms with E-state index in [-0.39, 0.29) is 25.9 Å². The molecule has 0 aliphatic heterocycles. The zero-order valence-corrected chi connectivity index (χ0v) is 17.3. The number of nitrogens with one attached hydrogen (secondary N) is 1. The smallest absolute Gasteiger partial charge is 0.257 e. The van der Waals surface area contributed by atoms with Crippen molar-refractivity contribution in [3.63, 3.8) is 0 Å². The predicted octanol–water partition coefficient (Wildman–Crippen LogP) is 4.91. The van der Waals surface area contributed by atoms with Gasteiger partial charge in [0, 0.05) is 44.1 Å². The third-order valence-corrected chi connectivity index (χ3v) is 3.52. The van der Waals surface area contributed by atoms with Gasteiger partial charge in [0.05, 0.1) is 5.69 Å². The van der Waals surface area contributed by atoms with Crippen LogP contribution in [0.15, 0.2) is 67.0 Å². The molecule has 0 amide bonds. The van der Waals surface area contributed by atoms with Crippen molar-refractivity contribution in [2.75, 3.05) is 0 Å². The molecule has 0 saturated heterocycles. The topological polar surface area (TPSA) is 67.3 Å². The molecule has 0 unspecified atom stereocenters. The van der Waals surface area contributed by atoms with E-state index in [4.69, 9.17) is 0 Å². The maximum atomic E-state index is 13.3. The van der Waals surface area contributed by atoms with E-state index < -0.39 is 23.6 Å². The molecule has 3 heterocycles. The van der Waals surface area contributed by atoms with Crippen molar-refractivity contribution in [2.24, 2.45) is 0 Å². The molecule has 30 heavy (non-hydrogen) atoms. The number of hydrogen-bond donors (Lipinski definition) is 1. The van der Waals surface area contributed by atoms with Crippen LogP contribution >= 0.6 is 0 Å². The second kappa shape index (κ2) is 10.1. The Bertz CT molecular complexity index is 1070. The number of aromatic nitrogens is 5. The zero-order chi connectivity index (χ0) is 20.9. The van der Waals surface area contributed by atoms with Crippen LogP contribution in [0, 0.1) is 11.6 Å². The van der Waals surface area contributed by atoms with Gasteiger partial charge in [-0.05, 0) is 36.4 Å². The molecular weight excluding hydrogens is 585 g/mol. The van der Waals surface area contributed by atoms with Crippen molar-refractivity contribution in [1.82, 2.24) is 25.1 Å². The molecule has 0 aliphatic rings. The van der Waals surface area contributed by atoms with Gasteiger partial charge in [-0.15, -0.1) is 5.10 Å². The molecule has 0 aliphatic carbocycles. The molecule has 3 aromatic heterocycles. The quantitative estimate of drug-likeness (QED) is 0.334. The van der Waals surface area contributed by atoms with Crippen LogP contribution in [-0.4, -0.2) is 25.1 Å². The number of H-pyrrole nitrogens is 1. The fourth-order valence-electron chi connectivity index (χ4n) is 2.23. The van der Waals surface area contributed by atoms with E-state index in [9.17, 15) is 22.0 Å². The maximum absolute atomic E-state index is 13.3. The number of nitrogens with zero attached hydrogens (tertiary/aromatic N) is 4.